The average molecular weight is 200 g/mol. The topological polar surface area (TPSA) is 64.3 Å². The second-order valence-corrected chi connectivity index (χ2v) is 3.92. The lowest BCUT2D eigenvalue weighted by molar-refractivity contribution is -0.131. The smallest absolute Gasteiger partial charge is 0.249 e. The first-order valence-electron chi connectivity index (χ1n) is 5.22. The number of hydrogen-bond acceptors (Lipinski definition) is 3. The molecule has 3 atom stereocenters. The molecule has 0 radical (unpaired) electrons. The van der Waals surface area contributed by atoms with E-state index in [4.69, 9.17) is 10.5 Å². The van der Waals surface area contributed by atoms with Gasteiger partial charge in [-0.05, 0) is 32.2 Å². The van der Waals surface area contributed by atoms with Gasteiger partial charge in [-0.1, -0.05) is 6.42 Å². The Kier molecular flexibility index (Phi) is 4.35. The molecule has 1 aliphatic rings. The van der Waals surface area contributed by atoms with Crippen LogP contribution in [0.15, 0.2) is 0 Å². The lowest BCUT2D eigenvalue weighted by Crippen LogP contribution is -2.44. The largest absolute Gasteiger partial charge is 0.372 e. The number of nitrogens with two attached hydrogens (primary N) is 1. The maximum Gasteiger partial charge on any atom is 0.249 e. The minimum atomic E-state index is -0.367. The molecule has 3 N–H and O–H groups in total. The number of ether oxygens (including phenoxy) is 1. The Bertz CT molecular complexity index is 197. The van der Waals surface area contributed by atoms with E-state index in [-0.39, 0.29) is 18.1 Å². The molecule has 1 amide bonds. The first kappa shape index (κ1) is 11.5. The van der Waals surface area contributed by atoms with Gasteiger partial charge in [0.2, 0.25) is 5.91 Å². The molecule has 0 saturated heterocycles. The number of carbonyl (C=O) groups is 1. The van der Waals surface area contributed by atoms with E-state index < -0.39 is 0 Å². The molecule has 1 saturated carbocycles. The molecule has 82 valence electrons. The summed E-state index contributed by atoms with van der Waals surface area (Å²) in [6.45, 7) is 2.41. The number of rotatable bonds is 4. The lowest BCUT2D eigenvalue weighted by atomic mass is 10.0. The molecule has 0 heterocycles. The molecule has 0 bridgehead atoms. The van der Waals surface area contributed by atoms with Crippen LogP contribution < -0.4 is 11.1 Å². The van der Waals surface area contributed by atoms with Crippen molar-refractivity contribution in [3.8, 4) is 0 Å². The summed E-state index contributed by atoms with van der Waals surface area (Å²) in [6, 6.07) is 0.255. The Morgan fingerprint density at radius 1 is 1.64 bits per heavy atom. The van der Waals surface area contributed by atoms with Crippen molar-refractivity contribution in [3.05, 3.63) is 0 Å². The SMILES string of the molecule is COC(C)C(=O)NC1CCCC1CN. The van der Waals surface area contributed by atoms with E-state index in [1.807, 2.05) is 0 Å². The van der Waals surface area contributed by atoms with Gasteiger partial charge < -0.3 is 15.8 Å². The highest BCUT2D eigenvalue weighted by Gasteiger charge is 2.28. The normalized spacial score (nSPS) is 28.8. The van der Waals surface area contributed by atoms with Crippen molar-refractivity contribution in [1.82, 2.24) is 5.32 Å². The van der Waals surface area contributed by atoms with Gasteiger partial charge in [0.1, 0.15) is 6.10 Å². The van der Waals surface area contributed by atoms with Crippen molar-refractivity contribution in [1.29, 1.82) is 0 Å². The molecule has 1 fully saturated rings. The molecule has 0 aromatic rings. The van der Waals surface area contributed by atoms with Crippen LogP contribution in [0.25, 0.3) is 0 Å². The van der Waals surface area contributed by atoms with E-state index in [1.54, 1.807) is 14.0 Å². The van der Waals surface area contributed by atoms with Crippen LogP contribution in [0.3, 0.4) is 0 Å². The molecule has 0 aromatic heterocycles. The van der Waals surface area contributed by atoms with Crippen LogP contribution in [-0.4, -0.2) is 31.7 Å². The van der Waals surface area contributed by atoms with Crippen LogP contribution in [0.2, 0.25) is 0 Å². The first-order chi connectivity index (χ1) is 6.69. The van der Waals surface area contributed by atoms with E-state index in [2.05, 4.69) is 5.32 Å². The summed E-state index contributed by atoms with van der Waals surface area (Å²) in [5.74, 6) is 0.417. The Hall–Kier alpha value is -0.610. The highest BCUT2D eigenvalue weighted by atomic mass is 16.5. The van der Waals surface area contributed by atoms with Crippen LogP contribution in [0.1, 0.15) is 26.2 Å². The highest BCUT2D eigenvalue weighted by molar-refractivity contribution is 5.80. The van der Waals surface area contributed by atoms with Crippen LogP contribution in [0.5, 0.6) is 0 Å². The van der Waals surface area contributed by atoms with Gasteiger partial charge in [0.05, 0.1) is 0 Å². The van der Waals surface area contributed by atoms with Gasteiger partial charge in [-0.25, -0.2) is 0 Å². The van der Waals surface area contributed by atoms with E-state index in [0.717, 1.165) is 19.3 Å². The molecule has 0 aliphatic heterocycles. The minimum absolute atomic E-state index is 0.0298. The summed E-state index contributed by atoms with van der Waals surface area (Å²) in [6.07, 6.45) is 2.97. The zero-order valence-electron chi connectivity index (χ0n) is 8.95. The second kappa shape index (κ2) is 5.32. The third kappa shape index (κ3) is 2.69. The molecule has 3 unspecified atom stereocenters. The summed E-state index contributed by atoms with van der Waals surface area (Å²) in [5.41, 5.74) is 5.63. The summed E-state index contributed by atoms with van der Waals surface area (Å²) in [7, 11) is 1.54. The van der Waals surface area contributed by atoms with E-state index >= 15 is 0 Å². The van der Waals surface area contributed by atoms with Crippen LogP contribution in [-0.2, 0) is 9.53 Å². The Morgan fingerprint density at radius 3 is 2.93 bits per heavy atom. The summed E-state index contributed by atoms with van der Waals surface area (Å²) >= 11 is 0. The zero-order chi connectivity index (χ0) is 10.6. The lowest BCUT2D eigenvalue weighted by Gasteiger charge is -2.21. The van der Waals surface area contributed by atoms with Crippen molar-refractivity contribution in [2.24, 2.45) is 11.7 Å². The van der Waals surface area contributed by atoms with E-state index in [9.17, 15) is 4.79 Å². The van der Waals surface area contributed by atoms with Crippen LogP contribution in [0.4, 0.5) is 0 Å². The predicted molar refractivity (Wildman–Crippen MR) is 54.8 cm³/mol. The molecule has 0 spiro atoms. The highest BCUT2D eigenvalue weighted by Crippen LogP contribution is 2.24. The molecule has 1 aliphatic carbocycles. The molecule has 1 rings (SSSR count). The monoisotopic (exact) mass is 200 g/mol. The second-order valence-electron chi connectivity index (χ2n) is 3.92. The van der Waals surface area contributed by atoms with Crippen LogP contribution in [0, 0.1) is 5.92 Å². The molecule has 0 aromatic carbocycles. The Morgan fingerprint density at radius 2 is 2.36 bits per heavy atom. The summed E-state index contributed by atoms with van der Waals surface area (Å²) in [5, 5.41) is 2.99. The van der Waals surface area contributed by atoms with E-state index in [1.165, 1.54) is 0 Å². The Balaban J connectivity index is 2.39. The molecular weight excluding hydrogens is 180 g/mol. The number of amides is 1. The number of methoxy groups -OCH3 is 1. The third-order valence-electron chi connectivity index (χ3n) is 3.01. The maximum absolute atomic E-state index is 11.5. The first-order valence-corrected chi connectivity index (χ1v) is 5.22. The number of hydrogen-bond donors (Lipinski definition) is 2. The van der Waals surface area contributed by atoms with Gasteiger partial charge in [-0.2, -0.15) is 0 Å². The summed E-state index contributed by atoms with van der Waals surface area (Å²) in [4.78, 5) is 11.5. The quantitative estimate of drug-likeness (QED) is 0.684. The Labute approximate surface area is 85.2 Å². The molecule has 14 heavy (non-hydrogen) atoms. The zero-order valence-corrected chi connectivity index (χ0v) is 8.95. The van der Waals surface area contributed by atoms with Gasteiger partial charge in [0, 0.05) is 13.2 Å². The van der Waals surface area contributed by atoms with Crippen LogP contribution >= 0.6 is 0 Å². The number of carbonyl (C=O) groups excluding carboxylic acids is 1. The van der Waals surface area contributed by atoms with Gasteiger partial charge in [0.15, 0.2) is 0 Å². The molecule has 4 nitrogen and oxygen atoms in total. The fourth-order valence-electron chi connectivity index (χ4n) is 1.92. The molecule has 4 heteroatoms. The predicted octanol–water partition coefficient (Wildman–Crippen LogP) is 0.265. The molecular formula is C10H20N2O2. The van der Waals surface area contributed by atoms with Gasteiger partial charge in [0.25, 0.3) is 0 Å². The van der Waals surface area contributed by atoms with Gasteiger partial charge >= 0.3 is 0 Å². The van der Waals surface area contributed by atoms with Crippen molar-refractivity contribution < 1.29 is 9.53 Å². The maximum atomic E-state index is 11.5. The van der Waals surface area contributed by atoms with E-state index in [0.29, 0.717) is 12.5 Å². The third-order valence-corrected chi connectivity index (χ3v) is 3.01. The van der Waals surface area contributed by atoms with Crippen molar-refractivity contribution in [3.63, 3.8) is 0 Å². The average Bonchev–Trinajstić information content (AvgIpc) is 2.63. The fraction of sp³-hybridized carbons (Fsp3) is 0.900. The van der Waals surface area contributed by atoms with Crippen molar-refractivity contribution >= 4 is 5.91 Å². The summed E-state index contributed by atoms with van der Waals surface area (Å²) < 4.78 is 4.95. The number of nitrogens with one attached hydrogen (secondary N) is 1. The van der Waals surface area contributed by atoms with Gasteiger partial charge in [-0.3, -0.25) is 4.79 Å². The van der Waals surface area contributed by atoms with Gasteiger partial charge in [-0.15, -0.1) is 0 Å². The minimum Gasteiger partial charge on any atom is -0.372 e. The fourth-order valence-corrected chi connectivity index (χ4v) is 1.92. The van der Waals surface area contributed by atoms with Crippen molar-refractivity contribution in [2.45, 2.75) is 38.3 Å². The standard InChI is InChI=1S/C10H20N2O2/c1-7(14-2)10(13)12-9-5-3-4-8(9)6-11/h7-9H,3-6,11H2,1-2H3,(H,12,13). The van der Waals surface area contributed by atoms with Crippen molar-refractivity contribution in [2.75, 3.05) is 13.7 Å².